The largest absolute Gasteiger partial charge is 0.465 e. The van der Waals surface area contributed by atoms with Crippen molar-refractivity contribution in [3.63, 3.8) is 0 Å². The van der Waals surface area contributed by atoms with Gasteiger partial charge in [-0.3, -0.25) is 9.88 Å². The number of benzene rings is 1. The Morgan fingerprint density at radius 3 is 2.53 bits per heavy atom. The van der Waals surface area contributed by atoms with E-state index in [1.807, 2.05) is 6.07 Å². The monoisotopic (exact) mass is 406 g/mol. The number of ether oxygens (including phenoxy) is 1. The number of hydrogen-bond acceptors (Lipinski definition) is 5. The molecule has 0 aliphatic carbocycles. The third-order valence-corrected chi connectivity index (χ3v) is 6.20. The van der Waals surface area contributed by atoms with Crippen molar-refractivity contribution < 1.29 is 9.53 Å². The van der Waals surface area contributed by atoms with E-state index in [2.05, 4.69) is 57.6 Å². The molecule has 2 aromatic heterocycles. The summed E-state index contributed by atoms with van der Waals surface area (Å²) in [5, 5.41) is 1.28. The van der Waals surface area contributed by atoms with Crippen molar-refractivity contribution in [2.24, 2.45) is 0 Å². The summed E-state index contributed by atoms with van der Waals surface area (Å²) in [6.07, 6.45) is 2.35. The van der Waals surface area contributed by atoms with Gasteiger partial charge in [-0.2, -0.15) is 0 Å². The maximum absolute atomic E-state index is 11.7. The van der Waals surface area contributed by atoms with Crippen molar-refractivity contribution >= 4 is 16.9 Å². The Balaban J connectivity index is 1.56. The smallest absolute Gasteiger partial charge is 0.339 e. The van der Waals surface area contributed by atoms with Crippen LogP contribution in [0.1, 0.15) is 27.3 Å². The number of carbonyl (C=O) groups excluding carboxylic acids is 1. The van der Waals surface area contributed by atoms with Gasteiger partial charge >= 0.3 is 5.97 Å². The Hall–Kier alpha value is -2.70. The fraction of sp³-hybridized carbons (Fsp3) is 0.417. The van der Waals surface area contributed by atoms with Crippen LogP contribution in [0.15, 0.2) is 42.6 Å². The summed E-state index contributed by atoms with van der Waals surface area (Å²) in [4.78, 5) is 21.1. The van der Waals surface area contributed by atoms with Gasteiger partial charge in [-0.15, -0.1) is 0 Å². The summed E-state index contributed by atoms with van der Waals surface area (Å²) < 4.78 is 7.22. The number of nitrogens with zero attached hydrogens (tertiary/aromatic N) is 4. The molecule has 0 saturated carbocycles. The summed E-state index contributed by atoms with van der Waals surface area (Å²) in [7, 11) is 3.58. The first-order valence-electron chi connectivity index (χ1n) is 10.6. The highest BCUT2D eigenvalue weighted by molar-refractivity contribution is 5.89. The lowest BCUT2D eigenvalue weighted by molar-refractivity contribution is 0.0600. The van der Waals surface area contributed by atoms with E-state index in [0.717, 1.165) is 51.4 Å². The number of esters is 1. The number of pyridine rings is 1. The number of fused-ring (bicyclic) bond motifs is 1. The number of methoxy groups -OCH3 is 1. The van der Waals surface area contributed by atoms with E-state index in [4.69, 9.17) is 4.74 Å². The van der Waals surface area contributed by atoms with E-state index < -0.39 is 0 Å². The average Bonchev–Trinajstić information content (AvgIpc) is 3.04. The molecule has 3 aromatic rings. The Morgan fingerprint density at radius 2 is 1.83 bits per heavy atom. The molecular formula is C24H30N4O2. The number of rotatable bonds is 6. The normalized spacial score (nSPS) is 15.6. The molecule has 4 rings (SSSR count). The molecule has 0 spiro atoms. The van der Waals surface area contributed by atoms with Crippen LogP contribution in [0.3, 0.4) is 0 Å². The Bertz CT molecular complexity index is 1020. The summed E-state index contributed by atoms with van der Waals surface area (Å²) in [6, 6.07) is 12.3. The molecule has 3 heterocycles. The number of aromatic nitrogens is 2. The van der Waals surface area contributed by atoms with E-state index >= 15 is 0 Å². The van der Waals surface area contributed by atoms with Crippen LogP contribution in [0.2, 0.25) is 0 Å². The quantitative estimate of drug-likeness (QED) is 0.589. The average molecular weight is 407 g/mol. The van der Waals surface area contributed by atoms with Gasteiger partial charge in [0.2, 0.25) is 0 Å². The molecule has 0 amide bonds. The molecule has 0 N–H and O–H groups in total. The number of para-hydroxylation sites is 1. The predicted octanol–water partition coefficient (Wildman–Crippen LogP) is 2.97. The first kappa shape index (κ1) is 20.6. The third kappa shape index (κ3) is 4.25. The van der Waals surface area contributed by atoms with Crippen LogP contribution in [0, 0.1) is 6.92 Å². The number of hydrogen-bond donors (Lipinski definition) is 0. The lowest BCUT2D eigenvalue weighted by Crippen LogP contribution is -2.45. The Morgan fingerprint density at radius 1 is 1.07 bits per heavy atom. The number of carbonyl (C=O) groups is 1. The lowest BCUT2D eigenvalue weighted by Gasteiger charge is -2.32. The lowest BCUT2D eigenvalue weighted by atomic mass is 10.1. The standard InChI is InChI=1S/C24H30N4O2/c1-18-22(16-20-9-8-19(17-25-20)24(29)30-3)21-6-4-5-7-23(21)28(18)15-14-27-12-10-26(2)11-13-27/h4-9,17H,10-16H2,1-3H3. The molecule has 0 atom stereocenters. The SMILES string of the molecule is COC(=O)c1ccc(Cc2c(C)n(CCN3CCN(C)CC3)c3ccccc23)nc1. The molecule has 158 valence electrons. The van der Waals surface area contributed by atoms with Gasteiger partial charge < -0.3 is 14.2 Å². The molecule has 6 heteroatoms. The van der Waals surface area contributed by atoms with Crippen molar-refractivity contribution in [1.82, 2.24) is 19.4 Å². The zero-order valence-corrected chi connectivity index (χ0v) is 18.1. The molecule has 0 unspecified atom stereocenters. The molecule has 0 radical (unpaired) electrons. The van der Waals surface area contributed by atoms with Gasteiger partial charge in [-0.1, -0.05) is 18.2 Å². The first-order chi connectivity index (χ1) is 14.6. The minimum atomic E-state index is -0.356. The molecular weight excluding hydrogens is 376 g/mol. The predicted molar refractivity (Wildman–Crippen MR) is 119 cm³/mol. The zero-order valence-electron chi connectivity index (χ0n) is 18.1. The van der Waals surface area contributed by atoms with Crippen molar-refractivity contribution in [3.05, 3.63) is 65.1 Å². The highest BCUT2D eigenvalue weighted by Crippen LogP contribution is 2.28. The van der Waals surface area contributed by atoms with Crippen molar-refractivity contribution in [1.29, 1.82) is 0 Å². The van der Waals surface area contributed by atoms with Crippen molar-refractivity contribution in [3.8, 4) is 0 Å². The van der Waals surface area contributed by atoms with Gasteiger partial charge in [0.1, 0.15) is 0 Å². The zero-order chi connectivity index (χ0) is 21.1. The Labute approximate surface area is 178 Å². The van der Waals surface area contributed by atoms with Crippen LogP contribution in [0.25, 0.3) is 10.9 Å². The number of likely N-dealkylation sites (N-methyl/N-ethyl adjacent to an activating group) is 1. The van der Waals surface area contributed by atoms with Crippen LogP contribution in [-0.2, 0) is 17.7 Å². The van der Waals surface area contributed by atoms with Gasteiger partial charge in [0, 0.05) is 74.2 Å². The van der Waals surface area contributed by atoms with Crippen LogP contribution in [0.5, 0.6) is 0 Å². The van der Waals surface area contributed by atoms with Crippen LogP contribution in [-0.4, -0.2) is 72.2 Å². The molecule has 1 fully saturated rings. The van der Waals surface area contributed by atoms with Crippen LogP contribution in [0.4, 0.5) is 0 Å². The van der Waals surface area contributed by atoms with Gasteiger partial charge in [-0.05, 0) is 37.7 Å². The highest BCUT2D eigenvalue weighted by atomic mass is 16.5. The second-order valence-corrected chi connectivity index (χ2v) is 8.08. The van der Waals surface area contributed by atoms with E-state index in [-0.39, 0.29) is 5.97 Å². The third-order valence-electron chi connectivity index (χ3n) is 6.20. The van der Waals surface area contributed by atoms with Crippen molar-refractivity contribution in [2.45, 2.75) is 19.9 Å². The van der Waals surface area contributed by atoms with E-state index in [1.165, 1.54) is 29.3 Å². The molecule has 30 heavy (non-hydrogen) atoms. The minimum Gasteiger partial charge on any atom is -0.465 e. The van der Waals surface area contributed by atoms with E-state index in [0.29, 0.717) is 5.56 Å². The second kappa shape index (κ2) is 8.98. The summed E-state index contributed by atoms with van der Waals surface area (Å²) >= 11 is 0. The summed E-state index contributed by atoms with van der Waals surface area (Å²) in [5.74, 6) is -0.356. The first-order valence-corrected chi connectivity index (χ1v) is 10.6. The maximum atomic E-state index is 11.7. The summed E-state index contributed by atoms with van der Waals surface area (Å²) in [5.41, 5.74) is 5.32. The van der Waals surface area contributed by atoms with E-state index in [1.54, 1.807) is 12.3 Å². The highest BCUT2D eigenvalue weighted by Gasteiger charge is 2.17. The minimum absolute atomic E-state index is 0.356. The number of piperazine rings is 1. The van der Waals surface area contributed by atoms with Gasteiger partial charge in [0.25, 0.3) is 0 Å². The summed E-state index contributed by atoms with van der Waals surface area (Å²) in [6.45, 7) is 8.83. The molecule has 1 aromatic carbocycles. The second-order valence-electron chi connectivity index (χ2n) is 8.08. The molecule has 1 aliphatic heterocycles. The molecule has 1 aliphatic rings. The molecule has 0 bridgehead atoms. The van der Waals surface area contributed by atoms with Gasteiger partial charge in [0.05, 0.1) is 12.7 Å². The van der Waals surface area contributed by atoms with Gasteiger partial charge in [0.15, 0.2) is 0 Å². The Kier molecular flexibility index (Phi) is 6.16. The maximum Gasteiger partial charge on any atom is 0.339 e. The fourth-order valence-corrected chi connectivity index (χ4v) is 4.28. The molecule has 6 nitrogen and oxygen atoms in total. The fourth-order valence-electron chi connectivity index (χ4n) is 4.28. The van der Waals surface area contributed by atoms with Crippen LogP contribution >= 0.6 is 0 Å². The van der Waals surface area contributed by atoms with E-state index in [9.17, 15) is 4.79 Å². The molecule has 1 saturated heterocycles. The van der Waals surface area contributed by atoms with Gasteiger partial charge in [-0.25, -0.2) is 4.79 Å². The van der Waals surface area contributed by atoms with Crippen LogP contribution < -0.4 is 0 Å². The van der Waals surface area contributed by atoms with Crippen molar-refractivity contribution in [2.75, 3.05) is 46.9 Å². The topological polar surface area (TPSA) is 50.6 Å².